The van der Waals surface area contributed by atoms with Crippen LogP contribution in [0, 0.1) is 3.57 Å². The Bertz CT molecular complexity index is 302. The topological polar surface area (TPSA) is 52.0 Å². The molecule has 0 aliphatic rings. The van der Waals surface area contributed by atoms with Gasteiger partial charge in [0.2, 0.25) is 0 Å². The van der Waals surface area contributed by atoms with Crippen LogP contribution in [-0.2, 0) is 0 Å². The minimum atomic E-state index is -0.577. The molecule has 0 aliphatic heterocycles. The van der Waals surface area contributed by atoms with Gasteiger partial charge >= 0.3 is 0 Å². The number of halogens is 3. The fraction of sp³-hybridized carbons (Fsp3) is 0.143. The van der Waals surface area contributed by atoms with Crippen molar-refractivity contribution in [2.75, 3.05) is 0 Å². The van der Waals surface area contributed by atoms with E-state index in [1.165, 1.54) is 0 Å². The van der Waals surface area contributed by atoms with Gasteiger partial charge in [0.1, 0.15) is 0 Å². The minimum absolute atomic E-state index is 0.443. The van der Waals surface area contributed by atoms with Crippen molar-refractivity contribution in [3.63, 3.8) is 0 Å². The van der Waals surface area contributed by atoms with Crippen molar-refractivity contribution >= 4 is 45.8 Å². The van der Waals surface area contributed by atoms with Gasteiger partial charge < -0.3 is 11.5 Å². The van der Waals surface area contributed by atoms with Crippen LogP contribution >= 0.6 is 45.8 Å². The Balaban J connectivity index is 3.27. The summed E-state index contributed by atoms with van der Waals surface area (Å²) in [5.74, 6) is 0. The third-order valence-corrected chi connectivity index (χ3v) is 3.54. The zero-order valence-corrected chi connectivity index (χ0v) is 9.69. The molecule has 0 amide bonds. The lowest BCUT2D eigenvalue weighted by atomic mass is 10.2. The molecule has 1 aromatic rings. The van der Waals surface area contributed by atoms with E-state index in [1.807, 2.05) is 6.07 Å². The molecule has 12 heavy (non-hydrogen) atoms. The van der Waals surface area contributed by atoms with Gasteiger partial charge in [-0.1, -0.05) is 29.3 Å². The van der Waals surface area contributed by atoms with Gasteiger partial charge in [0.25, 0.3) is 0 Å². The van der Waals surface area contributed by atoms with Gasteiger partial charge in [0, 0.05) is 9.13 Å². The summed E-state index contributed by atoms with van der Waals surface area (Å²) in [7, 11) is 0. The molecule has 0 heterocycles. The normalized spacial score (nSPS) is 10.8. The van der Waals surface area contributed by atoms with Crippen molar-refractivity contribution in [2.24, 2.45) is 11.5 Å². The van der Waals surface area contributed by atoms with Gasteiger partial charge in [0.15, 0.2) is 0 Å². The molecule has 0 spiro atoms. The summed E-state index contributed by atoms with van der Waals surface area (Å²) < 4.78 is 0.892. The first kappa shape index (κ1) is 10.5. The molecule has 5 heteroatoms. The summed E-state index contributed by atoms with van der Waals surface area (Å²) in [6.07, 6.45) is -0.577. The second kappa shape index (κ2) is 4.11. The van der Waals surface area contributed by atoms with Crippen LogP contribution in [0.15, 0.2) is 12.1 Å². The zero-order valence-electron chi connectivity index (χ0n) is 6.02. The third-order valence-electron chi connectivity index (χ3n) is 1.42. The van der Waals surface area contributed by atoms with Crippen LogP contribution in [0.2, 0.25) is 10.0 Å². The molecule has 0 fully saturated rings. The van der Waals surface area contributed by atoms with Gasteiger partial charge in [-0.05, 0) is 28.7 Å². The predicted octanol–water partition coefficient (Wildman–Crippen LogP) is 2.51. The van der Waals surface area contributed by atoms with Crippen LogP contribution in [-0.4, -0.2) is 0 Å². The molecule has 4 N–H and O–H groups in total. The Morgan fingerprint density at radius 2 is 1.75 bits per heavy atom. The number of nitrogens with two attached hydrogens (primary N) is 2. The number of benzene rings is 1. The van der Waals surface area contributed by atoms with E-state index in [9.17, 15) is 0 Å². The van der Waals surface area contributed by atoms with E-state index in [1.54, 1.807) is 6.07 Å². The summed E-state index contributed by atoms with van der Waals surface area (Å²) in [4.78, 5) is 0. The highest BCUT2D eigenvalue weighted by molar-refractivity contribution is 14.1. The molecular formula is C7H7Cl2IN2. The largest absolute Gasteiger partial charge is 0.312 e. The molecule has 0 saturated heterocycles. The molecule has 0 saturated carbocycles. The van der Waals surface area contributed by atoms with Crippen molar-refractivity contribution in [3.05, 3.63) is 31.3 Å². The molecule has 0 atom stereocenters. The Hall–Kier alpha value is 0.450. The van der Waals surface area contributed by atoms with E-state index in [0.717, 1.165) is 3.57 Å². The second-order valence-electron chi connectivity index (χ2n) is 2.29. The fourth-order valence-electron chi connectivity index (χ4n) is 0.798. The molecule has 0 aliphatic carbocycles. The Morgan fingerprint density at radius 1 is 1.17 bits per heavy atom. The highest BCUT2D eigenvalue weighted by atomic mass is 127. The molecule has 0 unspecified atom stereocenters. The summed E-state index contributed by atoms with van der Waals surface area (Å²) in [6.45, 7) is 0. The van der Waals surface area contributed by atoms with Crippen molar-refractivity contribution in [3.8, 4) is 0 Å². The van der Waals surface area contributed by atoms with Crippen molar-refractivity contribution < 1.29 is 0 Å². The molecule has 0 aromatic heterocycles. The molecule has 66 valence electrons. The Labute approximate surface area is 94.3 Å². The highest BCUT2D eigenvalue weighted by Gasteiger charge is 2.10. The van der Waals surface area contributed by atoms with Gasteiger partial charge in [0.05, 0.1) is 16.2 Å². The van der Waals surface area contributed by atoms with Crippen LogP contribution < -0.4 is 11.5 Å². The maximum Gasteiger partial charge on any atom is 0.0799 e. The van der Waals surface area contributed by atoms with Gasteiger partial charge in [-0.25, -0.2) is 0 Å². The van der Waals surface area contributed by atoms with Crippen LogP contribution in [0.3, 0.4) is 0 Å². The van der Waals surface area contributed by atoms with Crippen molar-refractivity contribution in [2.45, 2.75) is 6.17 Å². The fourth-order valence-corrected chi connectivity index (χ4v) is 1.87. The summed E-state index contributed by atoms with van der Waals surface area (Å²) >= 11 is 13.9. The van der Waals surface area contributed by atoms with E-state index in [2.05, 4.69) is 22.6 Å². The zero-order chi connectivity index (χ0) is 9.30. The average molecular weight is 317 g/mol. The average Bonchev–Trinajstić information content (AvgIpc) is 2.00. The molecule has 0 radical (unpaired) electrons. The molecule has 1 aromatic carbocycles. The Morgan fingerprint density at radius 3 is 2.25 bits per heavy atom. The smallest absolute Gasteiger partial charge is 0.0799 e. The first-order valence-corrected chi connectivity index (χ1v) is 5.02. The van der Waals surface area contributed by atoms with E-state index >= 15 is 0 Å². The highest BCUT2D eigenvalue weighted by Crippen LogP contribution is 2.31. The van der Waals surface area contributed by atoms with Gasteiger partial charge in [-0.3, -0.25) is 0 Å². The third kappa shape index (κ3) is 2.03. The summed E-state index contributed by atoms with van der Waals surface area (Å²) in [5, 5.41) is 0.953. The van der Waals surface area contributed by atoms with Crippen LogP contribution in [0.25, 0.3) is 0 Å². The maximum absolute atomic E-state index is 5.90. The maximum atomic E-state index is 5.90. The van der Waals surface area contributed by atoms with E-state index in [4.69, 9.17) is 34.7 Å². The van der Waals surface area contributed by atoms with Gasteiger partial charge in [-0.2, -0.15) is 0 Å². The number of hydrogen-bond donors (Lipinski definition) is 2. The predicted molar refractivity (Wildman–Crippen MR) is 60.3 cm³/mol. The minimum Gasteiger partial charge on any atom is -0.312 e. The van der Waals surface area contributed by atoms with E-state index < -0.39 is 6.17 Å². The summed E-state index contributed by atoms with van der Waals surface area (Å²) in [6, 6.07) is 3.61. The SMILES string of the molecule is NC(N)c1ccc(I)c(Cl)c1Cl. The summed E-state index contributed by atoms with van der Waals surface area (Å²) in [5.41, 5.74) is 11.6. The monoisotopic (exact) mass is 316 g/mol. The molecule has 0 bridgehead atoms. The number of hydrogen-bond acceptors (Lipinski definition) is 2. The molecule has 1 rings (SSSR count). The lowest BCUT2D eigenvalue weighted by Crippen LogP contribution is -2.20. The standard InChI is InChI=1S/C7H7Cl2IN2/c8-5-3(7(11)12)1-2-4(10)6(5)9/h1-2,7H,11-12H2. The lowest BCUT2D eigenvalue weighted by molar-refractivity contribution is 0.774. The van der Waals surface area contributed by atoms with Crippen LogP contribution in [0.4, 0.5) is 0 Å². The first-order valence-electron chi connectivity index (χ1n) is 3.18. The van der Waals surface area contributed by atoms with Crippen LogP contribution in [0.5, 0.6) is 0 Å². The van der Waals surface area contributed by atoms with Crippen molar-refractivity contribution in [1.29, 1.82) is 0 Å². The second-order valence-corrected chi connectivity index (χ2v) is 4.21. The quantitative estimate of drug-likeness (QED) is 0.475. The van der Waals surface area contributed by atoms with Crippen LogP contribution in [0.1, 0.15) is 11.7 Å². The molecular weight excluding hydrogens is 310 g/mol. The van der Waals surface area contributed by atoms with Crippen molar-refractivity contribution in [1.82, 2.24) is 0 Å². The number of rotatable bonds is 1. The Kier molecular flexibility index (Phi) is 3.60. The van der Waals surface area contributed by atoms with E-state index in [0.29, 0.717) is 15.6 Å². The molecule has 2 nitrogen and oxygen atoms in total. The lowest BCUT2D eigenvalue weighted by Gasteiger charge is -2.09. The van der Waals surface area contributed by atoms with E-state index in [-0.39, 0.29) is 0 Å². The first-order chi connectivity index (χ1) is 5.54. The van der Waals surface area contributed by atoms with Gasteiger partial charge in [-0.15, -0.1) is 0 Å².